The van der Waals surface area contributed by atoms with Gasteiger partial charge in [0.15, 0.2) is 0 Å². The van der Waals surface area contributed by atoms with Crippen LogP contribution in [0, 0.1) is 0 Å². The molecule has 1 amide bonds. The Kier molecular flexibility index (Phi) is 4.61. The third-order valence-electron chi connectivity index (χ3n) is 5.38. The Morgan fingerprint density at radius 1 is 1.30 bits per heavy atom. The van der Waals surface area contributed by atoms with Crippen molar-refractivity contribution in [1.29, 1.82) is 0 Å². The van der Waals surface area contributed by atoms with Crippen LogP contribution >= 0.6 is 0 Å². The van der Waals surface area contributed by atoms with E-state index in [1.165, 1.54) is 19.1 Å². The highest BCUT2D eigenvalue weighted by Gasteiger charge is 2.62. The van der Waals surface area contributed by atoms with Crippen LogP contribution in [0.2, 0.25) is 0 Å². The van der Waals surface area contributed by atoms with E-state index in [2.05, 4.69) is 4.74 Å². The number of likely N-dealkylation sites (tertiary alicyclic amines) is 1. The van der Waals surface area contributed by atoms with Crippen molar-refractivity contribution in [1.82, 2.24) is 4.90 Å². The number of carbonyl (C=O) groups is 2. The summed E-state index contributed by atoms with van der Waals surface area (Å²) < 4.78 is 47.2. The second-order valence-corrected chi connectivity index (χ2v) is 6.70. The lowest BCUT2D eigenvalue weighted by atomic mass is 9.73. The Bertz CT molecular complexity index is 760. The first kappa shape index (κ1) is 19.1. The molecule has 1 aromatic carbocycles. The van der Waals surface area contributed by atoms with E-state index < -0.39 is 29.7 Å². The van der Waals surface area contributed by atoms with E-state index >= 15 is 0 Å². The van der Waals surface area contributed by atoms with E-state index in [0.29, 0.717) is 37.4 Å². The first-order valence-electron chi connectivity index (χ1n) is 8.34. The van der Waals surface area contributed by atoms with Crippen molar-refractivity contribution in [2.24, 2.45) is 0 Å². The second-order valence-electron chi connectivity index (χ2n) is 6.70. The smallest absolute Gasteiger partial charge is 0.490 e. The van der Waals surface area contributed by atoms with Gasteiger partial charge >= 0.3 is 12.1 Å². The summed E-state index contributed by atoms with van der Waals surface area (Å²) in [6.45, 7) is 0.954. The molecule has 27 heavy (non-hydrogen) atoms. The number of nitrogens with zero attached hydrogens (tertiary/aromatic N) is 2. The van der Waals surface area contributed by atoms with Crippen molar-refractivity contribution in [2.75, 3.05) is 37.9 Å². The molecule has 1 unspecified atom stereocenters. The molecule has 0 bridgehead atoms. The molecule has 1 atom stereocenters. The van der Waals surface area contributed by atoms with E-state index in [0.717, 1.165) is 5.69 Å². The lowest BCUT2D eigenvalue weighted by Gasteiger charge is -2.58. The molecule has 0 saturated carbocycles. The summed E-state index contributed by atoms with van der Waals surface area (Å²) in [6.07, 6.45) is -5.79. The summed E-state index contributed by atoms with van der Waals surface area (Å²) >= 11 is 0. The van der Waals surface area contributed by atoms with Crippen LogP contribution in [0.15, 0.2) is 18.2 Å². The molecule has 1 aromatic rings. The zero-order chi connectivity index (χ0) is 20.0. The lowest BCUT2D eigenvalue weighted by molar-refractivity contribution is -0.227. The minimum Gasteiger partial charge on any atom is -0.495 e. The Balaban J connectivity index is 1.72. The number of anilines is 2. The number of benzene rings is 1. The summed E-state index contributed by atoms with van der Waals surface area (Å²) in [5.41, 5.74) is 6.25. The van der Waals surface area contributed by atoms with Gasteiger partial charge in [-0.2, -0.15) is 13.2 Å². The molecular weight excluding hydrogens is 367 g/mol. The molecular formula is C17H20F3N3O4. The zero-order valence-electron chi connectivity index (χ0n) is 14.9. The van der Waals surface area contributed by atoms with Gasteiger partial charge in [0.1, 0.15) is 5.75 Å². The monoisotopic (exact) mass is 387 g/mol. The predicted octanol–water partition coefficient (Wildman–Crippen LogP) is 1.56. The van der Waals surface area contributed by atoms with E-state index in [1.807, 2.05) is 11.0 Å². The van der Waals surface area contributed by atoms with Gasteiger partial charge in [0, 0.05) is 31.9 Å². The molecule has 2 heterocycles. The highest BCUT2D eigenvalue weighted by Crippen LogP contribution is 2.43. The van der Waals surface area contributed by atoms with Crippen LogP contribution in [0.25, 0.3) is 0 Å². The SMILES string of the molecule is COc1cc(N2CCC3(CC2)C(OC(=O)C(F)(F)F)C(=O)N3C)ccc1N. The molecule has 0 radical (unpaired) electrons. The number of β-lactam (4-membered cyclic amide) rings is 1. The largest absolute Gasteiger partial charge is 0.495 e. The minimum absolute atomic E-state index is 0.373. The number of hydrogen-bond donors (Lipinski definition) is 1. The zero-order valence-corrected chi connectivity index (χ0v) is 14.9. The summed E-state index contributed by atoms with van der Waals surface area (Å²) in [4.78, 5) is 26.6. The molecule has 3 rings (SSSR count). The molecule has 2 saturated heterocycles. The maximum absolute atomic E-state index is 12.5. The number of nitrogen functional groups attached to an aromatic ring is 1. The number of likely N-dealkylation sites (N-methyl/N-ethyl adjacent to an activating group) is 1. The fourth-order valence-electron chi connectivity index (χ4n) is 3.72. The number of piperidine rings is 1. The Morgan fingerprint density at radius 2 is 1.93 bits per heavy atom. The quantitative estimate of drug-likeness (QED) is 0.481. The Labute approximate surface area is 153 Å². The Morgan fingerprint density at radius 3 is 2.48 bits per heavy atom. The molecule has 2 aliphatic rings. The fraction of sp³-hybridized carbons (Fsp3) is 0.529. The van der Waals surface area contributed by atoms with Gasteiger partial charge in [-0.05, 0) is 25.0 Å². The summed E-state index contributed by atoms with van der Waals surface area (Å²) in [6, 6.07) is 5.32. The van der Waals surface area contributed by atoms with Crippen molar-refractivity contribution in [3.8, 4) is 5.75 Å². The third-order valence-corrected chi connectivity index (χ3v) is 5.38. The van der Waals surface area contributed by atoms with E-state index in [1.54, 1.807) is 12.1 Å². The lowest BCUT2D eigenvalue weighted by Crippen LogP contribution is -2.76. The first-order valence-corrected chi connectivity index (χ1v) is 8.34. The molecule has 2 fully saturated rings. The van der Waals surface area contributed by atoms with Gasteiger partial charge in [-0.15, -0.1) is 0 Å². The standard InChI is InChI=1S/C17H20F3N3O4/c1-22-14(24)13(27-15(25)17(18,19)20)16(22)5-7-23(8-6-16)10-3-4-11(21)12(9-10)26-2/h3-4,9,13H,5-8,21H2,1-2H3. The highest BCUT2D eigenvalue weighted by atomic mass is 19.4. The molecule has 10 heteroatoms. The van der Waals surface area contributed by atoms with Crippen molar-refractivity contribution in [3.05, 3.63) is 18.2 Å². The molecule has 0 aromatic heterocycles. The van der Waals surface area contributed by atoms with Gasteiger partial charge in [-0.25, -0.2) is 4.79 Å². The number of esters is 1. The van der Waals surface area contributed by atoms with Crippen LogP contribution in [-0.4, -0.2) is 61.8 Å². The van der Waals surface area contributed by atoms with Crippen LogP contribution in [0.1, 0.15) is 12.8 Å². The molecule has 7 nitrogen and oxygen atoms in total. The molecule has 0 aliphatic carbocycles. The topological polar surface area (TPSA) is 85.1 Å². The van der Waals surface area contributed by atoms with Gasteiger partial charge in [-0.3, -0.25) is 4.79 Å². The van der Waals surface area contributed by atoms with E-state index in [-0.39, 0.29) is 0 Å². The number of nitrogens with two attached hydrogens (primary N) is 1. The van der Waals surface area contributed by atoms with Gasteiger partial charge in [-0.1, -0.05) is 0 Å². The van der Waals surface area contributed by atoms with Crippen LogP contribution in [-0.2, 0) is 14.3 Å². The Hall–Kier alpha value is -2.65. The van der Waals surface area contributed by atoms with Crippen LogP contribution in [0.4, 0.5) is 24.5 Å². The summed E-state index contributed by atoms with van der Waals surface area (Å²) in [5.74, 6) is -2.42. The number of ether oxygens (including phenoxy) is 2. The van der Waals surface area contributed by atoms with Crippen molar-refractivity contribution < 1.29 is 32.2 Å². The number of halogens is 3. The highest BCUT2D eigenvalue weighted by molar-refractivity contribution is 5.93. The predicted molar refractivity (Wildman–Crippen MR) is 90.3 cm³/mol. The van der Waals surface area contributed by atoms with Gasteiger partial charge < -0.3 is 25.0 Å². The number of rotatable bonds is 3. The van der Waals surface area contributed by atoms with Crippen LogP contribution < -0.4 is 15.4 Å². The van der Waals surface area contributed by atoms with E-state index in [9.17, 15) is 22.8 Å². The number of hydrogen-bond acceptors (Lipinski definition) is 6. The fourth-order valence-corrected chi connectivity index (χ4v) is 3.72. The minimum atomic E-state index is -5.13. The van der Waals surface area contributed by atoms with Crippen molar-refractivity contribution in [3.63, 3.8) is 0 Å². The maximum atomic E-state index is 12.5. The number of amides is 1. The molecule has 1 spiro atoms. The molecule has 2 N–H and O–H groups in total. The summed E-state index contributed by atoms with van der Waals surface area (Å²) in [5, 5.41) is 0. The number of carbonyl (C=O) groups excluding carboxylic acids is 2. The first-order chi connectivity index (χ1) is 12.6. The molecule has 2 aliphatic heterocycles. The normalized spacial score (nSPS) is 21.8. The van der Waals surface area contributed by atoms with Crippen molar-refractivity contribution in [2.45, 2.75) is 30.7 Å². The van der Waals surface area contributed by atoms with Crippen LogP contribution in [0.5, 0.6) is 5.75 Å². The maximum Gasteiger partial charge on any atom is 0.490 e. The average molecular weight is 387 g/mol. The molecule has 148 valence electrons. The van der Waals surface area contributed by atoms with Gasteiger partial charge in [0.05, 0.1) is 18.3 Å². The van der Waals surface area contributed by atoms with Crippen molar-refractivity contribution >= 4 is 23.3 Å². The second kappa shape index (κ2) is 6.50. The van der Waals surface area contributed by atoms with Gasteiger partial charge in [0.25, 0.3) is 5.91 Å². The average Bonchev–Trinajstić information content (AvgIpc) is 2.65. The third kappa shape index (κ3) is 3.13. The number of alkyl halides is 3. The van der Waals surface area contributed by atoms with Crippen LogP contribution in [0.3, 0.4) is 0 Å². The van der Waals surface area contributed by atoms with E-state index in [4.69, 9.17) is 10.5 Å². The summed E-state index contributed by atoms with van der Waals surface area (Å²) in [7, 11) is 3.03. The van der Waals surface area contributed by atoms with Gasteiger partial charge in [0.2, 0.25) is 6.10 Å². The number of methoxy groups -OCH3 is 1.